The van der Waals surface area contributed by atoms with Crippen molar-refractivity contribution in [1.82, 2.24) is 0 Å². The van der Waals surface area contributed by atoms with Crippen LogP contribution in [0.2, 0.25) is 0 Å². The average molecular weight is 178 g/mol. The molecule has 0 saturated heterocycles. The molecule has 0 fully saturated rings. The van der Waals surface area contributed by atoms with Crippen LogP contribution in [0.25, 0.3) is 5.57 Å². The lowest BCUT2D eigenvalue weighted by Crippen LogP contribution is -1.88. The van der Waals surface area contributed by atoms with Gasteiger partial charge < -0.3 is 9.84 Å². The van der Waals surface area contributed by atoms with E-state index in [-0.39, 0.29) is 6.61 Å². The zero-order valence-electron chi connectivity index (χ0n) is 7.79. The Morgan fingerprint density at radius 2 is 2.00 bits per heavy atom. The molecule has 70 valence electrons. The van der Waals surface area contributed by atoms with Gasteiger partial charge in [0.15, 0.2) is 0 Å². The molecule has 2 nitrogen and oxygen atoms in total. The highest BCUT2D eigenvalue weighted by atomic mass is 16.5. The van der Waals surface area contributed by atoms with E-state index in [1.165, 1.54) is 0 Å². The minimum atomic E-state index is 0.144. The molecule has 1 N–H and O–H groups in total. The Kier molecular flexibility index (Phi) is 3.53. The Morgan fingerprint density at radius 1 is 1.38 bits per heavy atom. The van der Waals surface area contributed by atoms with E-state index in [9.17, 15) is 0 Å². The van der Waals surface area contributed by atoms with Crippen molar-refractivity contribution in [1.29, 1.82) is 0 Å². The molecule has 1 aromatic carbocycles. The molecule has 0 heterocycles. The van der Waals surface area contributed by atoms with Gasteiger partial charge in [-0.15, -0.1) is 0 Å². The van der Waals surface area contributed by atoms with Crippen LogP contribution in [0.5, 0.6) is 5.75 Å². The third-order valence-corrected chi connectivity index (χ3v) is 1.91. The molecule has 0 bridgehead atoms. The summed E-state index contributed by atoms with van der Waals surface area (Å²) in [5.41, 5.74) is 2.00. The van der Waals surface area contributed by atoms with E-state index in [1.807, 2.05) is 24.3 Å². The van der Waals surface area contributed by atoms with Crippen LogP contribution < -0.4 is 4.74 Å². The van der Waals surface area contributed by atoms with Gasteiger partial charge >= 0.3 is 0 Å². The Hall–Kier alpha value is -1.28. The van der Waals surface area contributed by atoms with E-state index in [0.717, 1.165) is 16.9 Å². The highest BCUT2D eigenvalue weighted by Gasteiger charge is 1.97. The first-order chi connectivity index (χ1) is 6.27. The molecule has 13 heavy (non-hydrogen) atoms. The average Bonchev–Trinajstić information content (AvgIpc) is 2.18. The van der Waals surface area contributed by atoms with Gasteiger partial charge in [-0.2, -0.15) is 0 Å². The van der Waals surface area contributed by atoms with Gasteiger partial charge in [0.25, 0.3) is 0 Å². The molecule has 0 aromatic heterocycles. The topological polar surface area (TPSA) is 29.5 Å². The molecule has 0 amide bonds. The maximum absolute atomic E-state index is 8.71. The van der Waals surface area contributed by atoms with Gasteiger partial charge in [-0.1, -0.05) is 18.7 Å². The van der Waals surface area contributed by atoms with Crippen molar-refractivity contribution >= 4 is 5.57 Å². The molecule has 0 spiro atoms. The standard InChI is InChI=1S/C11H14O2/c1-9(7-8-12)10-3-5-11(13-2)6-4-10/h3-6,12H,1,7-8H2,2H3. The summed E-state index contributed by atoms with van der Waals surface area (Å²) in [6, 6.07) is 7.66. The van der Waals surface area contributed by atoms with Crippen LogP contribution in [-0.2, 0) is 0 Å². The molecule has 0 aliphatic heterocycles. The van der Waals surface area contributed by atoms with Crippen LogP contribution in [0.1, 0.15) is 12.0 Å². The van der Waals surface area contributed by atoms with Crippen molar-refractivity contribution < 1.29 is 9.84 Å². The van der Waals surface area contributed by atoms with Crippen LogP contribution >= 0.6 is 0 Å². The highest BCUT2D eigenvalue weighted by molar-refractivity contribution is 5.63. The molecule has 0 saturated carbocycles. The molecule has 0 aliphatic carbocycles. The smallest absolute Gasteiger partial charge is 0.118 e. The Bertz CT molecular complexity index is 275. The number of hydrogen-bond acceptors (Lipinski definition) is 2. The first-order valence-electron chi connectivity index (χ1n) is 4.21. The fourth-order valence-corrected chi connectivity index (χ4v) is 1.11. The van der Waals surface area contributed by atoms with E-state index in [2.05, 4.69) is 6.58 Å². The molecular weight excluding hydrogens is 164 g/mol. The first-order valence-corrected chi connectivity index (χ1v) is 4.21. The zero-order chi connectivity index (χ0) is 9.68. The van der Waals surface area contributed by atoms with Crippen LogP contribution in [0, 0.1) is 0 Å². The van der Waals surface area contributed by atoms with Crippen LogP contribution in [-0.4, -0.2) is 18.8 Å². The Balaban J connectivity index is 2.74. The highest BCUT2D eigenvalue weighted by Crippen LogP contribution is 2.18. The molecule has 0 atom stereocenters. The number of rotatable bonds is 4. The summed E-state index contributed by atoms with van der Waals surface area (Å²) in [6.07, 6.45) is 0.617. The van der Waals surface area contributed by atoms with Gasteiger partial charge in [0.1, 0.15) is 5.75 Å². The van der Waals surface area contributed by atoms with Gasteiger partial charge in [0.05, 0.1) is 7.11 Å². The fourth-order valence-electron chi connectivity index (χ4n) is 1.11. The predicted molar refractivity (Wildman–Crippen MR) is 53.7 cm³/mol. The monoisotopic (exact) mass is 178 g/mol. The summed E-state index contributed by atoms with van der Waals surface area (Å²) in [7, 11) is 1.64. The maximum atomic E-state index is 8.71. The summed E-state index contributed by atoms with van der Waals surface area (Å²) < 4.78 is 5.03. The Labute approximate surface area is 78.5 Å². The summed E-state index contributed by atoms with van der Waals surface area (Å²) in [6.45, 7) is 4.01. The van der Waals surface area contributed by atoms with Gasteiger partial charge in [-0.25, -0.2) is 0 Å². The van der Waals surface area contributed by atoms with E-state index in [0.29, 0.717) is 6.42 Å². The minimum Gasteiger partial charge on any atom is -0.497 e. The predicted octanol–water partition coefficient (Wildman–Crippen LogP) is 2.09. The summed E-state index contributed by atoms with van der Waals surface area (Å²) in [4.78, 5) is 0. The third kappa shape index (κ3) is 2.60. The fraction of sp³-hybridized carbons (Fsp3) is 0.273. The lowest BCUT2D eigenvalue weighted by Gasteiger charge is -2.04. The SMILES string of the molecule is C=C(CCO)c1ccc(OC)cc1. The number of benzene rings is 1. The number of methoxy groups -OCH3 is 1. The van der Waals surface area contributed by atoms with Gasteiger partial charge in [0, 0.05) is 6.61 Å². The lowest BCUT2D eigenvalue weighted by atomic mass is 10.1. The Morgan fingerprint density at radius 3 is 2.46 bits per heavy atom. The largest absolute Gasteiger partial charge is 0.497 e. The van der Waals surface area contributed by atoms with Crippen molar-refractivity contribution in [2.75, 3.05) is 13.7 Å². The molecule has 0 aliphatic rings. The van der Waals surface area contributed by atoms with E-state index >= 15 is 0 Å². The van der Waals surface area contributed by atoms with E-state index in [4.69, 9.17) is 9.84 Å². The van der Waals surface area contributed by atoms with Crippen LogP contribution in [0.4, 0.5) is 0 Å². The molecular formula is C11H14O2. The number of ether oxygens (including phenoxy) is 1. The van der Waals surface area contributed by atoms with Gasteiger partial charge in [-0.05, 0) is 29.7 Å². The molecule has 0 radical (unpaired) electrons. The van der Waals surface area contributed by atoms with Crippen LogP contribution in [0.3, 0.4) is 0 Å². The lowest BCUT2D eigenvalue weighted by molar-refractivity contribution is 0.305. The zero-order valence-corrected chi connectivity index (χ0v) is 7.79. The van der Waals surface area contributed by atoms with E-state index in [1.54, 1.807) is 7.11 Å². The van der Waals surface area contributed by atoms with E-state index < -0.39 is 0 Å². The third-order valence-electron chi connectivity index (χ3n) is 1.91. The van der Waals surface area contributed by atoms with Crippen molar-refractivity contribution in [2.24, 2.45) is 0 Å². The molecule has 0 unspecified atom stereocenters. The van der Waals surface area contributed by atoms with Crippen molar-refractivity contribution in [3.05, 3.63) is 36.4 Å². The van der Waals surface area contributed by atoms with Crippen molar-refractivity contribution in [3.8, 4) is 5.75 Å². The van der Waals surface area contributed by atoms with Crippen molar-refractivity contribution in [3.63, 3.8) is 0 Å². The number of aliphatic hydroxyl groups excluding tert-OH is 1. The quantitative estimate of drug-likeness (QED) is 0.765. The van der Waals surface area contributed by atoms with Crippen LogP contribution in [0.15, 0.2) is 30.8 Å². The molecule has 2 heteroatoms. The second-order valence-electron chi connectivity index (χ2n) is 2.81. The number of hydrogen-bond donors (Lipinski definition) is 1. The second kappa shape index (κ2) is 4.67. The first kappa shape index (κ1) is 9.81. The summed E-state index contributed by atoms with van der Waals surface area (Å²) in [5.74, 6) is 0.834. The normalized spacial score (nSPS) is 9.69. The summed E-state index contributed by atoms with van der Waals surface area (Å²) in [5, 5.41) is 8.71. The van der Waals surface area contributed by atoms with Gasteiger partial charge in [-0.3, -0.25) is 0 Å². The van der Waals surface area contributed by atoms with Crippen molar-refractivity contribution in [2.45, 2.75) is 6.42 Å². The summed E-state index contributed by atoms with van der Waals surface area (Å²) >= 11 is 0. The number of aliphatic hydroxyl groups is 1. The second-order valence-corrected chi connectivity index (χ2v) is 2.81. The maximum Gasteiger partial charge on any atom is 0.118 e. The van der Waals surface area contributed by atoms with Gasteiger partial charge in [0.2, 0.25) is 0 Å². The minimum absolute atomic E-state index is 0.144. The molecule has 1 aromatic rings. The molecule has 1 rings (SSSR count).